The van der Waals surface area contributed by atoms with Crippen LogP contribution < -0.4 is 4.90 Å². The number of halogens is 1. The molecule has 1 unspecified atom stereocenters. The van der Waals surface area contributed by atoms with E-state index in [2.05, 4.69) is 10.1 Å². The second-order valence-electron chi connectivity index (χ2n) is 7.52. The van der Waals surface area contributed by atoms with Crippen molar-refractivity contribution >= 4 is 23.2 Å². The van der Waals surface area contributed by atoms with Crippen molar-refractivity contribution in [1.29, 1.82) is 0 Å². The van der Waals surface area contributed by atoms with Crippen LogP contribution in [0, 0.1) is 0 Å². The number of rotatable bonds is 6. The van der Waals surface area contributed by atoms with Gasteiger partial charge in [-0.15, -0.1) is 0 Å². The van der Waals surface area contributed by atoms with Crippen LogP contribution >= 0.6 is 11.6 Å². The number of hydrogen-bond acceptors (Lipinski definition) is 5. The van der Waals surface area contributed by atoms with E-state index < -0.39 is 0 Å². The van der Waals surface area contributed by atoms with Gasteiger partial charge in [-0.3, -0.25) is 4.79 Å². The predicted octanol–water partition coefficient (Wildman–Crippen LogP) is 4.01. The fourth-order valence-corrected chi connectivity index (χ4v) is 3.64. The summed E-state index contributed by atoms with van der Waals surface area (Å²) >= 11 is 5.93. The third-order valence-electron chi connectivity index (χ3n) is 5.21. The van der Waals surface area contributed by atoms with Gasteiger partial charge < -0.3 is 14.3 Å². The van der Waals surface area contributed by atoms with Crippen LogP contribution in [0.15, 0.2) is 53.1 Å². The Hall–Kier alpha value is -2.86. The van der Waals surface area contributed by atoms with Crippen LogP contribution in [-0.4, -0.2) is 48.1 Å². The molecule has 0 spiro atoms. The number of nitrogens with zero attached hydrogens (tertiary/aromatic N) is 4. The van der Waals surface area contributed by atoms with Gasteiger partial charge >= 0.3 is 0 Å². The summed E-state index contributed by atoms with van der Waals surface area (Å²) in [7, 11) is 3.97. The van der Waals surface area contributed by atoms with Crippen LogP contribution in [0.25, 0.3) is 11.5 Å². The number of anilines is 1. The molecule has 1 aromatic heterocycles. The van der Waals surface area contributed by atoms with Crippen molar-refractivity contribution in [3.8, 4) is 11.5 Å². The molecule has 0 radical (unpaired) electrons. The third kappa shape index (κ3) is 4.43. The standard InChI is InChI=1S/C22H23ClN4O2/c1-26(2)19-5-3-4-16(12-19)22-24-21(25-29-22)17-13-20(28)27(14-17)11-10-15-6-8-18(23)9-7-15/h3-9,12,17H,10-11,13-14H2,1-2H3. The van der Waals surface area contributed by atoms with Gasteiger partial charge in [0.1, 0.15) is 0 Å². The number of amides is 1. The van der Waals surface area contributed by atoms with E-state index in [1.807, 2.05) is 72.4 Å². The smallest absolute Gasteiger partial charge is 0.258 e. The molecular formula is C22H23ClN4O2. The van der Waals surface area contributed by atoms with Crippen LogP contribution in [0.5, 0.6) is 0 Å². The minimum absolute atomic E-state index is 0.0396. The SMILES string of the molecule is CN(C)c1cccc(-c2nc(C3CC(=O)N(CCc4ccc(Cl)cc4)C3)no2)c1. The van der Waals surface area contributed by atoms with E-state index in [4.69, 9.17) is 16.1 Å². The van der Waals surface area contributed by atoms with Crippen molar-refractivity contribution in [3.63, 3.8) is 0 Å². The topological polar surface area (TPSA) is 62.5 Å². The highest BCUT2D eigenvalue weighted by Gasteiger charge is 2.33. The molecule has 1 aliphatic rings. The number of carbonyl (C=O) groups is 1. The maximum Gasteiger partial charge on any atom is 0.258 e. The molecule has 1 aliphatic heterocycles. The van der Waals surface area contributed by atoms with E-state index in [9.17, 15) is 4.79 Å². The van der Waals surface area contributed by atoms with Gasteiger partial charge in [0.2, 0.25) is 5.91 Å². The first kappa shape index (κ1) is 19.5. The van der Waals surface area contributed by atoms with Crippen LogP contribution in [0.4, 0.5) is 5.69 Å². The summed E-state index contributed by atoms with van der Waals surface area (Å²) in [5.41, 5.74) is 3.10. The molecule has 1 atom stereocenters. The Morgan fingerprint density at radius 3 is 2.76 bits per heavy atom. The van der Waals surface area contributed by atoms with E-state index in [1.54, 1.807) is 0 Å². The molecule has 3 aromatic rings. The number of benzene rings is 2. The van der Waals surface area contributed by atoms with Crippen molar-refractivity contribution in [3.05, 3.63) is 64.9 Å². The molecule has 7 heteroatoms. The molecule has 6 nitrogen and oxygen atoms in total. The van der Waals surface area contributed by atoms with Gasteiger partial charge in [0.25, 0.3) is 5.89 Å². The van der Waals surface area contributed by atoms with Crippen molar-refractivity contribution in [1.82, 2.24) is 15.0 Å². The first-order valence-corrected chi connectivity index (χ1v) is 10.0. The summed E-state index contributed by atoms with van der Waals surface area (Å²) < 4.78 is 5.49. The molecule has 1 fully saturated rings. The first-order valence-electron chi connectivity index (χ1n) is 9.63. The number of carbonyl (C=O) groups excluding carboxylic acids is 1. The fraction of sp³-hybridized carbons (Fsp3) is 0.318. The van der Waals surface area contributed by atoms with Crippen molar-refractivity contribution < 1.29 is 9.32 Å². The van der Waals surface area contributed by atoms with E-state index in [1.165, 1.54) is 0 Å². The molecule has 0 aliphatic carbocycles. The zero-order valence-electron chi connectivity index (χ0n) is 16.5. The summed E-state index contributed by atoms with van der Waals surface area (Å²) in [4.78, 5) is 20.9. The van der Waals surface area contributed by atoms with Gasteiger partial charge in [0, 0.05) is 55.8 Å². The second-order valence-corrected chi connectivity index (χ2v) is 7.96. The molecule has 1 amide bonds. The summed E-state index contributed by atoms with van der Waals surface area (Å²) in [5.74, 6) is 1.17. The lowest BCUT2D eigenvalue weighted by Crippen LogP contribution is -2.27. The number of likely N-dealkylation sites (tertiary alicyclic amines) is 1. The maximum absolute atomic E-state index is 12.4. The quantitative estimate of drug-likeness (QED) is 0.614. The Labute approximate surface area is 175 Å². The van der Waals surface area contributed by atoms with E-state index >= 15 is 0 Å². The Kier molecular flexibility index (Phi) is 5.53. The van der Waals surface area contributed by atoms with Crippen molar-refractivity contribution in [2.45, 2.75) is 18.8 Å². The molecule has 0 saturated carbocycles. The van der Waals surface area contributed by atoms with Gasteiger partial charge in [-0.2, -0.15) is 4.98 Å². The highest BCUT2D eigenvalue weighted by atomic mass is 35.5. The van der Waals surface area contributed by atoms with Crippen LogP contribution in [-0.2, 0) is 11.2 Å². The molecule has 0 bridgehead atoms. The lowest BCUT2D eigenvalue weighted by atomic mass is 10.1. The highest BCUT2D eigenvalue weighted by molar-refractivity contribution is 6.30. The first-order chi connectivity index (χ1) is 14.0. The molecule has 0 N–H and O–H groups in total. The Balaban J connectivity index is 1.41. The lowest BCUT2D eigenvalue weighted by molar-refractivity contribution is -0.127. The zero-order chi connectivity index (χ0) is 20.4. The van der Waals surface area contributed by atoms with Crippen LogP contribution in [0.2, 0.25) is 5.02 Å². The van der Waals surface area contributed by atoms with Gasteiger partial charge in [0.15, 0.2) is 5.82 Å². The van der Waals surface area contributed by atoms with Gasteiger partial charge in [-0.25, -0.2) is 0 Å². The minimum Gasteiger partial charge on any atom is -0.378 e. The van der Waals surface area contributed by atoms with Crippen LogP contribution in [0.1, 0.15) is 23.7 Å². The van der Waals surface area contributed by atoms with E-state index in [-0.39, 0.29) is 11.8 Å². The lowest BCUT2D eigenvalue weighted by Gasteiger charge is -2.16. The molecule has 2 aromatic carbocycles. The normalized spacial score (nSPS) is 16.4. The molecule has 4 rings (SSSR count). The molecular weight excluding hydrogens is 388 g/mol. The Morgan fingerprint density at radius 1 is 1.21 bits per heavy atom. The number of aromatic nitrogens is 2. The molecule has 2 heterocycles. The minimum atomic E-state index is -0.0396. The highest BCUT2D eigenvalue weighted by Crippen LogP contribution is 2.29. The largest absolute Gasteiger partial charge is 0.378 e. The fourth-order valence-electron chi connectivity index (χ4n) is 3.51. The number of hydrogen-bond donors (Lipinski definition) is 0. The molecule has 29 heavy (non-hydrogen) atoms. The predicted molar refractivity (Wildman–Crippen MR) is 113 cm³/mol. The second kappa shape index (κ2) is 8.25. The molecule has 150 valence electrons. The maximum atomic E-state index is 12.4. The van der Waals surface area contributed by atoms with E-state index in [0.29, 0.717) is 31.2 Å². The van der Waals surface area contributed by atoms with Gasteiger partial charge in [-0.05, 0) is 42.3 Å². The van der Waals surface area contributed by atoms with Crippen LogP contribution in [0.3, 0.4) is 0 Å². The third-order valence-corrected chi connectivity index (χ3v) is 5.47. The summed E-state index contributed by atoms with van der Waals surface area (Å²) in [6, 6.07) is 15.7. The van der Waals surface area contributed by atoms with Crippen molar-refractivity contribution in [2.75, 3.05) is 32.1 Å². The Morgan fingerprint density at radius 2 is 2.00 bits per heavy atom. The average molecular weight is 411 g/mol. The Bertz CT molecular complexity index is 1000. The zero-order valence-corrected chi connectivity index (χ0v) is 17.3. The summed E-state index contributed by atoms with van der Waals surface area (Å²) in [6.07, 6.45) is 1.21. The van der Waals surface area contributed by atoms with Gasteiger partial charge in [0.05, 0.1) is 0 Å². The molecule has 1 saturated heterocycles. The average Bonchev–Trinajstić information content (AvgIpc) is 3.35. The van der Waals surface area contributed by atoms with E-state index in [0.717, 1.165) is 28.3 Å². The summed E-state index contributed by atoms with van der Waals surface area (Å²) in [6.45, 7) is 1.29. The van der Waals surface area contributed by atoms with Crippen molar-refractivity contribution in [2.24, 2.45) is 0 Å². The summed E-state index contributed by atoms with van der Waals surface area (Å²) in [5, 5.41) is 4.87. The monoisotopic (exact) mass is 410 g/mol. The van der Waals surface area contributed by atoms with Gasteiger partial charge in [-0.1, -0.05) is 35.0 Å².